The molecule has 0 bridgehead atoms. The number of hydrogen-bond acceptors (Lipinski definition) is 3. The van der Waals surface area contributed by atoms with E-state index >= 15 is 0 Å². The zero-order valence-electron chi connectivity index (χ0n) is 18.7. The summed E-state index contributed by atoms with van der Waals surface area (Å²) < 4.78 is 41.1. The number of halogens is 3. The molecule has 0 aliphatic rings. The minimum atomic E-state index is -4.35. The summed E-state index contributed by atoms with van der Waals surface area (Å²) in [6.45, 7) is 0.759. The van der Waals surface area contributed by atoms with Crippen molar-refractivity contribution in [2.24, 2.45) is 0 Å². The fraction of sp³-hybridized carbons (Fsp3) is 0.107. The maximum Gasteiger partial charge on any atom is 0.416 e. The summed E-state index contributed by atoms with van der Waals surface area (Å²) >= 11 is 1.19. The molecule has 0 aliphatic heterocycles. The highest BCUT2D eigenvalue weighted by Crippen LogP contribution is 2.31. The summed E-state index contributed by atoms with van der Waals surface area (Å²) in [4.78, 5) is 13.4. The largest absolute Gasteiger partial charge is 0.416 e. The van der Waals surface area contributed by atoms with E-state index in [9.17, 15) is 18.0 Å². The number of hydrogen-bond donors (Lipinski definition) is 2. The summed E-state index contributed by atoms with van der Waals surface area (Å²) in [6, 6.07) is 29.8. The third kappa shape index (κ3) is 6.90. The molecular weight excluding hydrogens is 469 g/mol. The lowest BCUT2D eigenvalue weighted by atomic mass is 10.0. The van der Waals surface area contributed by atoms with Crippen molar-refractivity contribution in [3.8, 4) is 11.1 Å². The van der Waals surface area contributed by atoms with Gasteiger partial charge in [-0.25, -0.2) is 0 Å². The number of amides is 1. The van der Waals surface area contributed by atoms with Crippen LogP contribution in [-0.4, -0.2) is 12.5 Å². The predicted molar refractivity (Wildman–Crippen MR) is 135 cm³/mol. The van der Waals surface area contributed by atoms with Crippen LogP contribution in [0.5, 0.6) is 0 Å². The Balaban J connectivity index is 1.30. The number of nitrogens with one attached hydrogen (secondary N) is 2. The van der Waals surface area contributed by atoms with E-state index in [4.69, 9.17) is 0 Å². The van der Waals surface area contributed by atoms with E-state index in [1.807, 2.05) is 60.7 Å². The van der Waals surface area contributed by atoms with E-state index in [0.717, 1.165) is 41.2 Å². The average Bonchev–Trinajstić information content (AvgIpc) is 2.88. The highest BCUT2D eigenvalue weighted by atomic mass is 32.2. The maximum atomic E-state index is 12.7. The van der Waals surface area contributed by atoms with Crippen LogP contribution in [0.1, 0.15) is 21.5 Å². The van der Waals surface area contributed by atoms with Crippen molar-refractivity contribution in [1.82, 2.24) is 4.72 Å². The van der Waals surface area contributed by atoms with Gasteiger partial charge in [-0.1, -0.05) is 60.7 Å². The first kappa shape index (κ1) is 24.4. The van der Waals surface area contributed by atoms with Gasteiger partial charge in [-0.3, -0.25) is 9.52 Å². The molecule has 2 N–H and O–H groups in total. The molecule has 0 fully saturated rings. The van der Waals surface area contributed by atoms with Gasteiger partial charge >= 0.3 is 6.18 Å². The SMILES string of the molecule is O=C(NSc1ccc(-c2ccc(C(F)(F)F)cc2)cc1)c1cccc(NCCc2ccccc2)c1. The summed E-state index contributed by atoms with van der Waals surface area (Å²) in [5, 5.41) is 3.35. The van der Waals surface area contributed by atoms with Crippen molar-refractivity contribution in [3.63, 3.8) is 0 Å². The molecule has 35 heavy (non-hydrogen) atoms. The van der Waals surface area contributed by atoms with Crippen molar-refractivity contribution < 1.29 is 18.0 Å². The second-order valence-corrected chi connectivity index (χ2v) is 8.76. The number of alkyl halides is 3. The lowest BCUT2D eigenvalue weighted by Gasteiger charge is -2.10. The molecule has 3 nitrogen and oxygen atoms in total. The lowest BCUT2D eigenvalue weighted by Crippen LogP contribution is -2.16. The molecule has 0 saturated carbocycles. The lowest BCUT2D eigenvalue weighted by molar-refractivity contribution is -0.137. The van der Waals surface area contributed by atoms with E-state index in [2.05, 4.69) is 22.2 Å². The molecule has 0 spiro atoms. The van der Waals surface area contributed by atoms with Crippen molar-refractivity contribution in [3.05, 3.63) is 120 Å². The fourth-order valence-corrected chi connectivity index (χ4v) is 4.10. The van der Waals surface area contributed by atoms with Gasteiger partial charge in [0.25, 0.3) is 5.91 Å². The maximum absolute atomic E-state index is 12.7. The average molecular weight is 493 g/mol. The van der Waals surface area contributed by atoms with Crippen molar-refractivity contribution in [1.29, 1.82) is 0 Å². The quantitative estimate of drug-likeness (QED) is 0.251. The summed E-state index contributed by atoms with van der Waals surface area (Å²) in [5.41, 5.74) is 3.48. The Kier molecular flexibility index (Phi) is 7.77. The van der Waals surface area contributed by atoms with Crippen LogP contribution in [0.3, 0.4) is 0 Å². The number of anilines is 1. The third-order valence-electron chi connectivity index (χ3n) is 5.37. The van der Waals surface area contributed by atoms with Crippen molar-refractivity contribution >= 4 is 23.5 Å². The molecule has 4 rings (SSSR count). The Morgan fingerprint density at radius 2 is 1.43 bits per heavy atom. The van der Waals surface area contributed by atoms with Crippen LogP contribution in [0.25, 0.3) is 11.1 Å². The van der Waals surface area contributed by atoms with Gasteiger partial charge in [0.1, 0.15) is 0 Å². The highest BCUT2D eigenvalue weighted by molar-refractivity contribution is 7.98. The van der Waals surface area contributed by atoms with Crippen LogP contribution in [0.15, 0.2) is 108 Å². The molecule has 4 aromatic rings. The first-order chi connectivity index (χ1) is 16.9. The second-order valence-electron chi connectivity index (χ2n) is 7.88. The topological polar surface area (TPSA) is 41.1 Å². The molecule has 0 aromatic heterocycles. The van der Waals surface area contributed by atoms with Gasteiger partial charge in [-0.15, -0.1) is 0 Å². The van der Waals surface area contributed by atoms with Crippen LogP contribution in [0.4, 0.5) is 18.9 Å². The van der Waals surface area contributed by atoms with Crippen LogP contribution in [0, 0.1) is 0 Å². The Morgan fingerprint density at radius 1 is 0.771 bits per heavy atom. The Labute approximate surface area is 206 Å². The van der Waals surface area contributed by atoms with Gasteiger partial charge in [0.2, 0.25) is 0 Å². The summed E-state index contributed by atoms with van der Waals surface area (Å²) in [7, 11) is 0. The smallest absolute Gasteiger partial charge is 0.385 e. The Bertz CT molecular complexity index is 1260. The van der Waals surface area contributed by atoms with Crippen LogP contribution in [-0.2, 0) is 12.6 Å². The monoisotopic (exact) mass is 492 g/mol. The van der Waals surface area contributed by atoms with Gasteiger partial charge in [0.15, 0.2) is 0 Å². The van der Waals surface area contributed by atoms with E-state index in [1.165, 1.54) is 29.6 Å². The zero-order valence-corrected chi connectivity index (χ0v) is 19.5. The highest BCUT2D eigenvalue weighted by Gasteiger charge is 2.29. The number of carbonyl (C=O) groups is 1. The minimum absolute atomic E-state index is 0.214. The number of rotatable bonds is 8. The third-order valence-corrected chi connectivity index (χ3v) is 6.17. The molecule has 1 amide bonds. The fourth-order valence-electron chi connectivity index (χ4n) is 3.50. The van der Waals surface area contributed by atoms with Gasteiger partial charge in [-0.2, -0.15) is 13.2 Å². The standard InChI is InChI=1S/C28H23F3N2OS/c29-28(30,31)24-13-9-21(10-14-24)22-11-15-26(16-12-22)35-33-27(34)23-7-4-8-25(19-23)32-18-17-20-5-2-1-3-6-20/h1-16,19,32H,17-18H2,(H,33,34). The molecule has 0 radical (unpaired) electrons. The zero-order chi connectivity index (χ0) is 24.7. The molecule has 0 aliphatic carbocycles. The van der Waals surface area contributed by atoms with Crippen LogP contribution >= 0.6 is 11.9 Å². The first-order valence-corrected chi connectivity index (χ1v) is 11.8. The number of carbonyl (C=O) groups excluding carboxylic acids is 1. The van der Waals surface area contributed by atoms with E-state index in [1.54, 1.807) is 6.07 Å². The molecule has 0 unspecified atom stereocenters. The van der Waals surface area contributed by atoms with Gasteiger partial charge in [0.05, 0.1) is 5.56 Å². The second kappa shape index (κ2) is 11.1. The molecule has 4 aromatic carbocycles. The van der Waals surface area contributed by atoms with Crippen molar-refractivity contribution in [2.45, 2.75) is 17.5 Å². The van der Waals surface area contributed by atoms with E-state index < -0.39 is 11.7 Å². The predicted octanol–water partition coefficient (Wildman–Crippen LogP) is 7.46. The van der Waals surface area contributed by atoms with Gasteiger partial charge in [0, 0.05) is 22.7 Å². The molecule has 0 saturated heterocycles. The summed E-state index contributed by atoms with van der Waals surface area (Å²) in [6.07, 6.45) is -3.47. The van der Waals surface area contributed by atoms with Gasteiger partial charge < -0.3 is 5.32 Å². The molecular formula is C28H23F3N2OS. The normalized spacial score (nSPS) is 11.2. The van der Waals surface area contributed by atoms with Crippen LogP contribution in [0.2, 0.25) is 0 Å². The van der Waals surface area contributed by atoms with E-state index in [-0.39, 0.29) is 5.91 Å². The number of benzene rings is 4. The molecule has 178 valence electrons. The first-order valence-electron chi connectivity index (χ1n) is 11.0. The Morgan fingerprint density at radius 3 is 2.09 bits per heavy atom. The van der Waals surface area contributed by atoms with Crippen molar-refractivity contribution in [2.75, 3.05) is 11.9 Å². The van der Waals surface area contributed by atoms with Gasteiger partial charge in [-0.05, 0) is 77.5 Å². The minimum Gasteiger partial charge on any atom is -0.385 e. The Hall–Kier alpha value is -3.71. The molecule has 0 atom stereocenters. The molecule has 0 heterocycles. The summed E-state index contributed by atoms with van der Waals surface area (Å²) in [5.74, 6) is -0.214. The van der Waals surface area contributed by atoms with Crippen LogP contribution < -0.4 is 10.0 Å². The van der Waals surface area contributed by atoms with E-state index in [0.29, 0.717) is 11.1 Å². The molecule has 7 heteroatoms.